The lowest BCUT2D eigenvalue weighted by molar-refractivity contribution is 0.0951. The first-order valence-corrected chi connectivity index (χ1v) is 6.49. The molecule has 0 fully saturated rings. The smallest absolute Gasteiger partial charge is 0.270 e. The van der Waals surface area contributed by atoms with Crippen LogP contribution in [0.5, 0.6) is 0 Å². The van der Waals surface area contributed by atoms with Crippen molar-refractivity contribution < 1.29 is 4.79 Å². The molecule has 0 bridgehead atoms. The third-order valence-electron chi connectivity index (χ3n) is 3.07. The Kier molecular flexibility index (Phi) is 4.32. The molecular weight excluding hydrogens is 254 g/mol. The molecule has 0 aliphatic rings. The Bertz CT molecular complexity index is 663. The molecule has 2 rings (SSSR count). The predicted molar refractivity (Wildman–Crippen MR) is 78.1 cm³/mol. The highest BCUT2D eigenvalue weighted by molar-refractivity contribution is 5.93. The van der Waals surface area contributed by atoms with Crippen LogP contribution >= 0.6 is 0 Å². The van der Waals surface area contributed by atoms with Gasteiger partial charge in [0.05, 0.1) is 5.69 Å². The van der Waals surface area contributed by atoms with Gasteiger partial charge in [0.2, 0.25) is 0 Å². The first-order chi connectivity index (χ1) is 9.69. The van der Waals surface area contributed by atoms with Crippen molar-refractivity contribution in [3.8, 4) is 11.3 Å². The van der Waals surface area contributed by atoms with Gasteiger partial charge in [0.15, 0.2) is 0 Å². The van der Waals surface area contributed by atoms with Gasteiger partial charge in [-0.1, -0.05) is 37.3 Å². The van der Waals surface area contributed by atoms with Crippen molar-refractivity contribution in [3.63, 3.8) is 0 Å². The lowest BCUT2D eigenvalue weighted by atomic mass is 10.1. The molecule has 20 heavy (non-hydrogen) atoms. The van der Waals surface area contributed by atoms with Crippen LogP contribution in [-0.4, -0.2) is 10.5 Å². The molecule has 0 aliphatic heterocycles. The van der Waals surface area contributed by atoms with Crippen LogP contribution in [0.4, 0.5) is 0 Å². The number of rotatable bonds is 4. The van der Waals surface area contributed by atoms with Gasteiger partial charge in [0.25, 0.3) is 11.5 Å². The second-order valence-corrected chi connectivity index (χ2v) is 4.43. The van der Waals surface area contributed by atoms with Gasteiger partial charge >= 0.3 is 0 Å². The third-order valence-corrected chi connectivity index (χ3v) is 3.07. The van der Waals surface area contributed by atoms with Gasteiger partial charge in [-0.15, -0.1) is 0 Å². The fourth-order valence-electron chi connectivity index (χ4n) is 2.14. The zero-order valence-corrected chi connectivity index (χ0v) is 11.3. The molecular formula is C15H17N3O2. The van der Waals surface area contributed by atoms with Crippen LogP contribution < -0.4 is 16.8 Å². The van der Waals surface area contributed by atoms with Crippen molar-refractivity contribution in [2.45, 2.75) is 19.9 Å². The minimum absolute atomic E-state index is 0.0561. The largest absolute Gasteiger partial charge is 0.308 e. The Hall–Kier alpha value is -2.40. The van der Waals surface area contributed by atoms with E-state index < -0.39 is 5.91 Å². The highest BCUT2D eigenvalue weighted by atomic mass is 16.2. The quantitative estimate of drug-likeness (QED) is 0.503. The Morgan fingerprint density at radius 3 is 2.50 bits per heavy atom. The first kappa shape index (κ1) is 14.0. The number of nitrogens with one attached hydrogen (secondary N) is 1. The number of amides is 1. The fraction of sp³-hybridized carbons (Fsp3) is 0.200. The van der Waals surface area contributed by atoms with Gasteiger partial charge in [-0.25, -0.2) is 5.84 Å². The summed E-state index contributed by atoms with van der Waals surface area (Å²) in [5.41, 5.74) is 3.47. The van der Waals surface area contributed by atoms with E-state index in [1.807, 2.05) is 42.7 Å². The lowest BCUT2D eigenvalue weighted by Gasteiger charge is -2.13. The number of nitrogens with two attached hydrogens (primary N) is 1. The monoisotopic (exact) mass is 271 g/mol. The molecule has 1 amide bonds. The second kappa shape index (κ2) is 6.16. The molecule has 0 atom stereocenters. The summed E-state index contributed by atoms with van der Waals surface area (Å²) in [6.45, 7) is 2.53. The van der Waals surface area contributed by atoms with Gasteiger partial charge in [-0.05, 0) is 24.1 Å². The second-order valence-electron chi connectivity index (χ2n) is 4.43. The van der Waals surface area contributed by atoms with E-state index in [0.717, 1.165) is 17.7 Å². The Balaban J connectivity index is 2.62. The molecule has 1 heterocycles. The van der Waals surface area contributed by atoms with Crippen LogP contribution in [0, 0.1) is 0 Å². The zero-order chi connectivity index (χ0) is 14.5. The Morgan fingerprint density at radius 2 is 1.90 bits per heavy atom. The van der Waals surface area contributed by atoms with Crippen LogP contribution in [0.1, 0.15) is 23.7 Å². The summed E-state index contributed by atoms with van der Waals surface area (Å²) in [6, 6.07) is 12.9. The van der Waals surface area contributed by atoms with Crippen LogP contribution in [0.25, 0.3) is 11.3 Å². The maximum Gasteiger partial charge on any atom is 0.270 e. The summed E-state index contributed by atoms with van der Waals surface area (Å²) in [6.07, 6.45) is 0.799. The maximum atomic E-state index is 12.4. The van der Waals surface area contributed by atoms with E-state index in [0.29, 0.717) is 6.54 Å². The average molecular weight is 271 g/mol. The molecule has 0 unspecified atom stereocenters. The summed E-state index contributed by atoms with van der Waals surface area (Å²) in [5, 5.41) is 0. The molecule has 0 spiro atoms. The van der Waals surface area contributed by atoms with Crippen LogP contribution in [0.2, 0.25) is 0 Å². The zero-order valence-electron chi connectivity index (χ0n) is 11.3. The van der Waals surface area contributed by atoms with Crippen molar-refractivity contribution in [2.75, 3.05) is 0 Å². The summed E-state index contributed by atoms with van der Waals surface area (Å²) < 4.78 is 1.61. The number of carbonyl (C=O) groups excluding carboxylic acids is 1. The van der Waals surface area contributed by atoms with E-state index >= 15 is 0 Å². The van der Waals surface area contributed by atoms with Gasteiger partial charge in [-0.3, -0.25) is 15.0 Å². The van der Waals surface area contributed by atoms with E-state index in [1.54, 1.807) is 10.6 Å². The molecule has 5 heteroatoms. The molecule has 0 aliphatic carbocycles. The van der Waals surface area contributed by atoms with E-state index in [1.165, 1.54) is 6.07 Å². The van der Waals surface area contributed by atoms with Gasteiger partial charge < -0.3 is 4.57 Å². The topological polar surface area (TPSA) is 77.1 Å². The highest BCUT2D eigenvalue weighted by Crippen LogP contribution is 2.18. The molecule has 1 aromatic carbocycles. The van der Waals surface area contributed by atoms with E-state index in [9.17, 15) is 9.59 Å². The average Bonchev–Trinajstić information content (AvgIpc) is 2.49. The minimum atomic E-state index is -0.570. The number of aromatic nitrogens is 1. The van der Waals surface area contributed by atoms with Crippen molar-refractivity contribution in [1.82, 2.24) is 9.99 Å². The van der Waals surface area contributed by atoms with Gasteiger partial charge in [0.1, 0.15) is 5.56 Å². The van der Waals surface area contributed by atoms with Gasteiger partial charge in [-0.2, -0.15) is 0 Å². The molecule has 104 valence electrons. The number of pyridine rings is 1. The normalized spacial score (nSPS) is 10.3. The van der Waals surface area contributed by atoms with Gasteiger partial charge in [0, 0.05) is 6.54 Å². The number of nitrogens with zero attached hydrogens (tertiary/aromatic N) is 1. The molecule has 3 N–H and O–H groups in total. The molecule has 2 aromatic rings. The van der Waals surface area contributed by atoms with E-state index in [-0.39, 0.29) is 11.1 Å². The van der Waals surface area contributed by atoms with Crippen molar-refractivity contribution in [3.05, 3.63) is 58.4 Å². The van der Waals surface area contributed by atoms with E-state index in [2.05, 4.69) is 0 Å². The number of hydrogen-bond acceptors (Lipinski definition) is 3. The SMILES string of the molecule is CCCn1c(-c2ccccc2)ccc(C(=O)NN)c1=O. The van der Waals surface area contributed by atoms with Crippen molar-refractivity contribution in [2.24, 2.45) is 5.84 Å². The number of benzene rings is 1. The third kappa shape index (κ3) is 2.62. The highest BCUT2D eigenvalue weighted by Gasteiger charge is 2.14. The number of carbonyl (C=O) groups is 1. The number of hydrazine groups is 1. The Morgan fingerprint density at radius 1 is 1.20 bits per heavy atom. The summed E-state index contributed by atoms with van der Waals surface area (Å²) in [4.78, 5) is 24.0. The van der Waals surface area contributed by atoms with E-state index in [4.69, 9.17) is 5.84 Å². The molecule has 0 saturated heterocycles. The first-order valence-electron chi connectivity index (χ1n) is 6.49. The van der Waals surface area contributed by atoms with Crippen molar-refractivity contribution in [1.29, 1.82) is 0 Å². The van der Waals surface area contributed by atoms with Crippen LogP contribution in [-0.2, 0) is 6.54 Å². The van der Waals surface area contributed by atoms with Crippen LogP contribution in [0.15, 0.2) is 47.3 Å². The lowest BCUT2D eigenvalue weighted by Crippen LogP contribution is -2.36. The summed E-state index contributed by atoms with van der Waals surface area (Å²) in [5.74, 6) is 4.53. The minimum Gasteiger partial charge on any atom is -0.308 e. The summed E-state index contributed by atoms with van der Waals surface area (Å²) >= 11 is 0. The summed E-state index contributed by atoms with van der Waals surface area (Å²) in [7, 11) is 0. The molecule has 0 saturated carbocycles. The fourth-order valence-corrected chi connectivity index (χ4v) is 2.14. The standard InChI is InChI=1S/C15H17N3O2/c1-2-10-18-13(11-6-4-3-5-7-11)9-8-12(15(18)20)14(19)17-16/h3-9H,2,10,16H2,1H3,(H,17,19). The molecule has 0 radical (unpaired) electrons. The molecule has 5 nitrogen and oxygen atoms in total. The van der Waals surface area contributed by atoms with Crippen LogP contribution in [0.3, 0.4) is 0 Å². The maximum absolute atomic E-state index is 12.4. The molecule has 1 aromatic heterocycles. The Labute approximate surface area is 117 Å². The van der Waals surface area contributed by atoms with Crippen molar-refractivity contribution >= 4 is 5.91 Å². The number of nitrogen functional groups attached to an aromatic ring is 1. The predicted octanol–water partition coefficient (Wildman–Crippen LogP) is 1.53. The number of hydrogen-bond donors (Lipinski definition) is 2.